The van der Waals surface area contributed by atoms with Crippen molar-refractivity contribution in [2.24, 2.45) is 5.92 Å². The molecule has 0 fully saturated rings. The molecule has 0 heterocycles. The number of carbonyl (C=O) groups excluding carboxylic acids is 1. The smallest absolute Gasteiger partial charge is 0.315 e. The van der Waals surface area contributed by atoms with E-state index in [-0.39, 0.29) is 18.4 Å². The second-order valence-corrected chi connectivity index (χ2v) is 4.37. The van der Waals surface area contributed by atoms with Gasteiger partial charge in [-0.3, -0.25) is 4.79 Å². The van der Waals surface area contributed by atoms with Crippen LogP contribution in [0.25, 0.3) is 0 Å². The Morgan fingerprint density at radius 1 is 1.37 bits per heavy atom. The molecule has 0 spiro atoms. The number of hydrogen-bond donors (Lipinski definition) is 3. The quantitative estimate of drug-likeness (QED) is 0.763. The van der Waals surface area contributed by atoms with E-state index < -0.39 is 17.9 Å². The Hall–Kier alpha value is -2.11. The van der Waals surface area contributed by atoms with Crippen molar-refractivity contribution in [1.82, 2.24) is 10.6 Å². The first-order chi connectivity index (χ1) is 8.90. The summed E-state index contributed by atoms with van der Waals surface area (Å²) in [5, 5.41) is 13.7. The van der Waals surface area contributed by atoms with Gasteiger partial charge in [0.2, 0.25) is 0 Å². The first-order valence-corrected chi connectivity index (χ1v) is 5.92. The molecule has 2 atom stereocenters. The van der Waals surface area contributed by atoms with E-state index in [0.717, 1.165) is 0 Å². The summed E-state index contributed by atoms with van der Waals surface area (Å²) in [6.07, 6.45) is 0. The van der Waals surface area contributed by atoms with Gasteiger partial charge in [0.1, 0.15) is 5.82 Å². The predicted molar refractivity (Wildman–Crippen MR) is 68.1 cm³/mol. The molecule has 0 saturated carbocycles. The van der Waals surface area contributed by atoms with Gasteiger partial charge in [-0.15, -0.1) is 0 Å². The molecule has 19 heavy (non-hydrogen) atoms. The van der Waals surface area contributed by atoms with Gasteiger partial charge in [0.15, 0.2) is 0 Å². The number of carboxylic acid groups (broad SMARTS) is 1. The highest BCUT2D eigenvalue weighted by Gasteiger charge is 2.14. The molecule has 0 radical (unpaired) electrons. The summed E-state index contributed by atoms with van der Waals surface area (Å²) in [4.78, 5) is 22.1. The lowest BCUT2D eigenvalue weighted by Gasteiger charge is -2.16. The van der Waals surface area contributed by atoms with Gasteiger partial charge >= 0.3 is 12.0 Å². The van der Waals surface area contributed by atoms with Gasteiger partial charge in [-0.05, 0) is 24.6 Å². The van der Waals surface area contributed by atoms with E-state index in [0.29, 0.717) is 5.56 Å². The lowest BCUT2D eigenvalue weighted by atomic mass is 10.1. The fourth-order valence-electron chi connectivity index (χ4n) is 1.44. The molecule has 0 aliphatic heterocycles. The van der Waals surface area contributed by atoms with Crippen molar-refractivity contribution in [2.45, 2.75) is 19.9 Å². The van der Waals surface area contributed by atoms with Crippen LogP contribution in [-0.2, 0) is 4.79 Å². The molecule has 0 aliphatic carbocycles. The second kappa shape index (κ2) is 6.72. The lowest BCUT2D eigenvalue weighted by Crippen LogP contribution is -2.40. The number of urea groups is 1. The molecule has 2 unspecified atom stereocenters. The van der Waals surface area contributed by atoms with Crippen molar-refractivity contribution in [3.05, 3.63) is 35.6 Å². The Balaban J connectivity index is 2.46. The first-order valence-electron chi connectivity index (χ1n) is 5.92. The highest BCUT2D eigenvalue weighted by molar-refractivity contribution is 5.76. The Morgan fingerprint density at radius 3 is 2.63 bits per heavy atom. The number of nitrogens with one attached hydrogen (secondary N) is 2. The summed E-state index contributed by atoms with van der Waals surface area (Å²) in [6, 6.07) is 5.08. The number of amides is 2. The molecule has 0 aliphatic rings. The van der Waals surface area contributed by atoms with Crippen LogP contribution < -0.4 is 10.6 Å². The zero-order valence-corrected chi connectivity index (χ0v) is 10.8. The Bertz CT molecular complexity index is 465. The summed E-state index contributed by atoms with van der Waals surface area (Å²) in [5.41, 5.74) is 0.640. The molecular formula is C13H17FN2O3. The van der Waals surface area contributed by atoms with Gasteiger partial charge in [-0.1, -0.05) is 19.1 Å². The minimum absolute atomic E-state index is 0.0387. The molecule has 104 valence electrons. The third-order valence-corrected chi connectivity index (χ3v) is 2.69. The summed E-state index contributed by atoms with van der Waals surface area (Å²) in [7, 11) is 0. The predicted octanol–water partition coefficient (Wildman–Crippen LogP) is 1.91. The van der Waals surface area contributed by atoms with Crippen molar-refractivity contribution in [3.8, 4) is 0 Å². The van der Waals surface area contributed by atoms with Crippen LogP contribution >= 0.6 is 0 Å². The average molecular weight is 268 g/mol. The summed E-state index contributed by atoms with van der Waals surface area (Å²) in [6.45, 7) is 3.25. The van der Waals surface area contributed by atoms with Gasteiger partial charge in [-0.25, -0.2) is 9.18 Å². The van der Waals surface area contributed by atoms with Crippen LogP contribution in [0.15, 0.2) is 24.3 Å². The highest BCUT2D eigenvalue weighted by Crippen LogP contribution is 2.13. The van der Waals surface area contributed by atoms with Crippen molar-refractivity contribution in [1.29, 1.82) is 0 Å². The van der Waals surface area contributed by atoms with Crippen LogP contribution in [-0.4, -0.2) is 23.7 Å². The lowest BCUT2D eigenvalue weighted by molar-refractivity contribution is -0.140. The maximum Gasteiger partial charge on any atom is 0.315 e. The van der Waals surface area contributed by atoms with Crippen molar-refractivity contribution >= 4 is 12.0 Å². The molecule has 2 amide bonds. The normalized spacial score (nSPS) is 13.4. The maximum atomic E-state index is 13.0. The topological polar surface area (TPSA) is 78.4 Å². The SMILES string of the molecule is CC(CNC(=O)NC(C)c1cccc(F)c1)C(=O)O. The van der Waals surface area contributed by atoms with E-state index >= 15 is 0 Å². The average Bonchev–Trinajstić information content (AvgIpc) is 2.35. The molecule has 0 aromatic heterocycles. The standard InChI is InChI=1S/C13H17FN2O3/c1-8(12(17)18)7-15-13(19)16-9(2)10-4-3-5-11(14)6-10/h3-6,8-9H,7H2,1-2H3,(H,17,18)(H2,15,16,19). The van der Waals surface area contributed by atoms with Crippen molar-refractivity contribution in [2.75, 3.05) is 6.54 Å². The van der Waals surface area contributed by atoms with Crippen LogP contribution in [0.1, 0.15) is 25.5 Å². The summed E-state index contributed by atoms with van der Waals surface area (Å²) in [5.74, 6) is -2.00. The molecule has 1 aromatic rings. The number of rotatable bonds is 5. The van der Waals surface area contributed by atoms with Gasteiger partial charge < -0.3 is 15.7 Å². The van der Waals surface area contributed by atoms with Gasteiger partial charge in [-0.2, -0.15) is 0 Å². The molecule has 1 rings (SSSR count). The molecular weight excluding hydrogens is 251 g/mol. The van der Waals surface area contributed by atoms with E-state index in [1.165, 1.54) is 19.1 Å². The van der Waals surface area contributed by atoms with Crippen molar-refractivity contribution in [3.63, 3.8) is 0 Å². The Morgan fingerprint density at radius 2 is 2.05 bits per heavy atom. The van der Waals surface area contributed by atoms with Crippen LogP contribution in [0.2, 0.25) is 0 Å². The number of carboxylic acids is 1. The molecule has 0 bridgehead atoms. The van der Waals surface area contributed by atoms with Crippen LogP contribution in [0.3, 0.4) is 0 Å². The Labute approximate surface area is 110 Å². The van der Waals surface area contributed by atoms with Crippen LogP contribution in [0.5, 0.6) is 0 Å². The van der Waals surface area contributed by atoms with E-state index in [1.807, 2.05) is 0 Å². The third kappa shape index (κ3) is 4.95. The van der Waals surface area contributed by atoms with E-state index in [2.05, 4.69) is 10.6 Å². The maximum absolute atomic E-state index is 13.0. The second-order valence-electron chi connectivity index (χ2n) is 4.37. The van der Waals surface area contributed by atoms with E-state index in [9.17, 15) is 14.0 Å². The largest absolute Gasteiger partial charge is 0.481 e. The van der Waals surface area contributed by atoms with Gasteiger partial charge in [0.05, 0.1) is 12.0 Å². The Kier molecular flexibility index (Phi) is 5.29. The first kappa shape index (κ1) is 14.9. The minimum Gasteiger partial charge on any atom is -0.481 e. The number of aliphatic carboxylic acids is 1. The highest BCUT2D eigenvalue weighted by atomic mass is 19.1. The fraction of sp³-hybridized carbons (Fsp3) is 0.385. The molecule has 0 saturated heterocycles. The number of hydrogen-bond acceptors (Lipinski definition) is 2. The van der Waals surface area contributed by atoms with Gasteiger partial charge in [0, 0.05) is 6.54 Å². The molecule has 3 N–H and O–H groups in total. The zero-order valence-electron chi connectivity index (χ0n) is 10.8. The molecule has 1 aromatic carbocycles. The number of carbonyl (C=O) groups is 2. The van der Waals surface area contributed by atoms with Gasteiger partial charge in [0.25, 0.3) is 0 Å². The fourth-order valence-corrected chi connectivity index (χ4v) is 1.44. The molecule has 5 nitrogen and oxygen atoms in total. The number of benzene rings is 1. The number of halogens is 1. The summed E-state index contributed by atoms with van der Waals surface area (Å²) < 4.78 is 13.0. The summed E-state index contributed by atoms with van der Waals surface area (Å²) >= 11 is 0. The monoisotopic (exact) mass is 268 g/mol. The van der Waals surface area contributed by atoms with Crippen LogP contribution in [0, 0.1) is 11.7 Å². The van der Waals surface area contributed by atoms with Crippen molar-refractivity contribution < 1.29 is 19.1 Å². The van der Waals surface area contributed by atoms with E-state index in [4.69, 9.17) is 5.11 Å². The zero-order chi connectivity index (χ0) is 14.4. The van der Waals surface area contributed by atoms with Crippen LogP contribution in [0.4, 0.5) is 9.18 Å². The minimum atomic E-state index is -0.974. The van der Waals surface area contributed by atoms with E-state index in [1.54, 1.807) is 19.1 Å². The molecule has 6 heteroatoms. The third-order valence-electron chi connectivity index (χ3n) is 2.69.